The van der Waals surface area contributed by atoms with Gasteiger partial charge in [-0.3, -0.25) is 4.98 Å². The molecule has 3 rings (SSSR count). The topological polar surface area (TPSA) is 43.8 Å². The first-order valence-corrected chi connectivity index (χ1v) is 6.97. The van der Waals surface area contributed by atoms with E-state index in [9.17, 15) is 0 Å². The number of pyridine rings is 1. The van der Waals surface area contributed by atoms with Gasteiger partial charge in [0, 0.05) is 23.3 Å². The Bertz CT molecular complexity index is 728. The van der Waals surface area contributed by atoms with Crippen molar-refractivity contribution in [3.8, 4) is 0 Å². The highest BCUT2D eigenvalue weighted by atomic mass is 15.0. The van der Waals surface area contributed by atoms with Gasteiger partial charge in [0.15, 0.2) is 0 Å². The van der Waals surface area contributed by atoms with Crippen molar-refractivity contribution in [2.75, 3.05) is 6.54 Å². The van der Waals surface area contributed by atoms with E-state index in [0.29, 0.717) is 6.54 Å². The third-order valence-electron chi connectivity index (χ3n) is 3.76. The second kappa shape index (κ2) is 5.47. The number of benzene rings is 1. The molecule has 0 atom stereocenters. The molecule has 3 heteroatoms. The molecule has 1 aromatic carbocycles. The number of fused-ring (bicyclic) bond motifs is 1. The zero-order valence-corrected chi connectivity index (χ0v) is 11.7. The smallest absolute Gasteiger partial charge is 0.0651 e. The summed E-state index contributed by atoms with van der Waals surface area (Å²) in [5.41, 5.74) is 10.6. The zero-order chi connectivity index (χ0) is 13.9. The number of aryl methyl sites for hydroxylation is 1. The van der Waals surface area contributed by atoms with Crippen LogP contribution in [0.5, 0.6) is 0 Å². The third kappa shape index (κ3) is 2.32. The Morgan fingerprint density at radius 1 is 1.15 bits per heavy atom. The summed E-state index contributed by atoms with van der Waals surface area (Å²) in [6, 6.07) is 12.7. The Hall–Kier alpha value is -2.13. The standard InChI is InChI=1S/C17H19N3/c1-13-4-3-10-19-16(13)12-20-11-8-15-14(7-9-18)5-2-6-17(15)20/h2-6,8,10-11H,7,9,12,18H2,1H3. The molecule has 2 aromatic heterocycles. The molecule has 0 radical (unpaired) electrons. The van der Waals surface area contributed by atoms with E-state index in [-0.39, 0.29) is 0 Å². The minimum absolute atomic E-state index is 0.684. The Morgan fingerprint density at radius 2 is 2.05 bits per heavy atom. The summed E-state index contributed by atoms with van der Waals surface area (Å²) in [6.45, 7) is 3.60. The van der Waals surface area contributed by atoms with Crippen molar-refractivity contribution < 1.29 is 0 Å². The van der Waals surface area contributed by atoms with E-state index in [2.05, 4.69) is 53.0 Å². The van der Waals surface area contributed by atoms with Gasteiger partial charge in [0.1, 0.15) is 0 Å². The first kappa shape index (κ1) is 12.9. The van der Waals surface area contributed by atoms with Gasteiger partial charge in [0.2, 0.25) is 0 Å². The maximum Gasteiger partial charge on any atom is 0.0651 e. The van der Waals surface area contributed by atoms with Crippen molar-refractivity contribution >= 4 is 10.9 Å². The molecule has 0 fully saturated rings. The van der Waals surface area contributed by atoms with Crippen molar-refractivity contribution in [2.45, 2.75) is 19.9 Å². The lowest BCUT2D eigenvalue weighted by Gasteiger charge is -2.08. The van der Waals surface area contributed by atoms with Gasteiger partial charge in [-0.1, -0.05) is 18.2 Å². The fourth-order valence-corrected chi connectivity index (χ4v) is 2.64. The predicted molar refractivity (Wildman–Crippen MR) is 82.8 cm³/mol. The summed E-state index contributed by atoms with van der Waals surface area (Å²) in [5.74, 6) is 0. The molecule has 0 amide bonds. The highest BCUT2D eigenvalue weighted by Gasteiger charge is 2.07. The number of hydrogen-bond acceptors (Lipinski definition) is 2. The minimum atomic E-state index is 0.684. The molecule has 2 N–H and O–H groups in total. The van der Waals surface area contributed by atoms with E-state index in [1.807, 2.05) is 12.3 Å². The van der Waals surface area contributed by atoms with Crippen LogP contribution in [-0.2, 0) is 13.0 Å². The summed E-state index contributed by atoms with van der Waals surface area (Å²) in [6.07, 6.45) is 4.91. The number of nitrogens with two attached hydrogens (primary N) is 1. The summed E-state index contributed by atoms with van der Waals surface area (Å²) in [7, 11) is 0. The molecule has 0 aliphatic carbocycles. The van der Waals surface area contributed by atoms with Crippen LogP contribution in [0.1, 0.15) is 16.8 Å². The highest BCUT2D eigenvalue weighted by Crippen LogP contribution is 2.21. The average Bonchev–Trinajstić information content (AvgIpc) is 2.86. The van der Waals surface area contributed by atoms with Crippen molar-refractivity contribution in [3.05, 3.63) is 65.6 Å². The molecule has 0 saturated carbocycles. The van der Waals surface area contributed by atoms with E-state index in [0.717, 1.165) is 18.7 Å². The van der Waals surface area contributed by atoms with E-state index in [4.69, 9.17) is 5.73 Å². The molecule has 102 valence electrons. The van der Waals surface area contributed by atoms with Gasteiger partial charge in [-0.05, 0) is 49.2 Å². The van der Waals surface area contributed by atoms with Gasteiger partial charge >= 0.3 is 0 Å². The predicted octanol–water partition coefficient (Wildman–Crippen LogP) is 2.89. The molecule has 3 nitrogen and oxygen atoms in total. The fourth-order valence-electron chi connectivity index (χ4n) is 2.64. The lowest BCUT2D eigenvalue weighted by molar-refractivity contribution is 0.799. The average molecular weight is 265 g/mol. The summed E-state index contributed by atoms with van der Waals surface area (Å²) in [4.78, 5) is 4.48. The number of rotatable bonds is 4. The number of hydrogen-bond donors (Lipinski definition) is 1. The van der Waals surface area contributed by atoms with Gasteiger partial charge in [-0.25, -0.2) is 0 Å². The van der Waals surface area contributed by atoms with Crippen LogP contribution in [0.2, 0.25) is 0 Å². The van der Waals surface area contributed by atoms with Crippen LogP contribution in [0.25, 0.3) is 10.9 Å². The van der Waals surface area contributed by atoms with Crippen LogP contribution in [0.15, 0.2) is 48.8 Å². The molecule has 20 heavy (non-hydrogen) atoms. The van der Waals surface area contributed by atoms with Gasteiger partial charge < -0.3 is 10.3 Å². The van der Waals surface area contributed by atoms with Crippen LogP contribution in [0.4, 0.5) is 0 Å². The van der Waals surface area contributed by atoms with E-state index < -0.39 is 0 Å². The maximum absolute atomic E-state index is 5.68. The Kier molecular flexibility index (Phi) is 3.52. The summed E-state index contributed by atoms with van der Waals surface area (Å²) < 4.78 is 2.25. The first-order valence-electron chi connectivity index (χ1n) is 6.97. The molecule has 0 spiro atoms. The SMILES string of the molecule is Cc1cccnc1Cn1ccc2c(CCN)cccc21. The van der Waals surface area contributed by atoms with Crippen molar-refractivity contribution in [1.29, 1.82) is 0 Å². The van der Waals surface area contributed by atoms with Gasteiger partial charge in [-0.2, -0.15) is 0 Å². The first-order chi connectivity index (χ1) is 9.79. The van der Waals surface area contributed by atoms with E-state index in [1.165, 1.54) is 22.0 Å². The largest absolute Gasteiger partial charge is 0.341 e. The van der Waals surface area contributed by atoms with Crippen molar-refractivity contribution in [3.63, 3.8) is 0 Å². The molecule has 3 aromatic rings. The molecule has 0 saturated heterocycles. The number of aromatic nitrogens is 2. The molecular formula is C17H19N3. The zero-order valence-electron chi connectivity index (χ0n) is 11.7. The quantitative estimate of drug-likeness (QED) is 0.788. The maximum atomic E-state index is 5.68. The van der Waals surface area contributed by atoms with Gasteiger partial charge in [0.25, 0.3) is 0 Å². The summed E-state index contributed by atoms with van der Waals surface area (Å²) in [5, 5.41) is 1.30. The second-order valence-corrected chi connectivity index (χ2v) is 5.10. The van der Waals surface area contributed by atoms with E-state index >= 15 is 0 Å². The minimum Gasteiger partial charge on any atom is -0.341 e. The summed E-state index contributed by atoms with van der Waals surface area (Å²) >= 11 is 0. The normalized spacial score (nSPS) is 11.1. The second-order valence-electron chi connectivity index (χ2n) is 5.10. The Labute approximate surface area is 119 Å². The van der Waals surface area contributed by atoms with Crippen LogP contribution in [-0.4, -0.2) is 16.1 Å². The third-order valence-corrected chi connectivity index (χ3v) is 3.76. The van der Waals surface area contributed by atoms with Gasteiger partial charge in [0.05, 0.1) is 12.2 Å². The number of nitrogens with zero attached hydrogens (tertiary/aromatic N) is 2. The fraction of sp³-hybridized carbons (Fsp3) is 0.235. The molecule has 0 unspecified atom stereocenters. The van der Waals surface area contributed by atoms with Crippen LogP contribution in [0, 0.1) is 6.92 Å². The Morgan fingerprint density at radius 3 is 2.85 bits per heavy atom. The molecule has 0 bridgehead atoms. The van der Waals surface area contributed by atoms with E-state index in [1.54, 1.807) is 0 Å². The molecule has 2 heterocycles. The molecule has 0 aliphatic heterocycles. The van der Waals surface area contributed by atoms with Crippen LogP contribution in [0.3, 0.4) is 0 Å². The van der Waals surface area contributed by atoms with Crippen molar-refractivity contribution in [2.24, 2.45) is 5.73 Å². The van der Waals surface area contributed by atoms with Crippen molar-refractivity contribution in [1.82, 2.24) is 9.55 Å². The van der Waals surface area contributed by atoms with Crippen LogP contribution < -0.4 is 5.73 Å². The molecular weight excluding hydrogens is 246 g/mol. The lowest BCUT2D eigenvalue weighted by Crippen LogP contribution is -2.04. The Balaban J connectivity index is 2.01. The molecule has 0 aliphatic rings. The highest BCUT2D eigenvalue weighted by molar-refractivity contribution is 5.83. The lowest BCUT2D eigenvalue weighted by atomic mass is 10.1. The van der Waals surface area contributed by atoms with Gasteiger partial charge in [-0.15, -0.1) is 0 Å². The van der Waals surface area contributed by atoms with Crippen LogP contribution >= 0.6 is 0 Å². The monoisotopic (exact) mass is 265 g/mol.